The average Bonchev–Trinajstić information content (AvgIpc) is 3.18. The van der Waals surface area contributed by atoms with Gasteiger partial charge in [0.2, 0.25) is 5.69 Å². The van der Waals surface area contributed by atoms with E-state index in [0.717, 1.165) is 21.4 Å². The summed E-state index contributed by atoms with van der Waals surface area (Å²) in [4.78, 5) is 17.6. The highest BCUT2D eigenvalue weighted by Crippen LogP contribution is 2.36. The number of aryl methyl sites for hydroxylation is 1. The minimum Gasteiger partial charge on any atom is -0.371 e. The molecule has 0 aliphatic carbocycles. The second kappa shape index (κ2) is 5.25. The van der Waals surface area contributed by atoms with Crippen LogP contribution in [-0.4, -0.2) is 26.6 Å². The molecule has 0 saturated carbocycles. The SMILES string of the molecule is [C-]#[N+]c1cc(-c2nc3c(nc(NC)c4ncn(C)c43)s2)ccc1F. The molecule has 0 aliphatic heterocycles. The van der Waals surface area contributed by atoms with Crippen LogP contribution in [0.25, 0.3) is 36.8 Å². The third-order valence-corrected chi connectivity index (χ3v) is 4.76. The van der Waals surface area contributed by atoms with Crippen LogP contribution < -0.4 is 5.32 Å². The molecule has 3 heterocycles. The largest absolute Gasteiger partial charge is 0.371 e. The summed E-state index contributed by atoms with van der Waals surface area (Å²) in [7, 11) is 3.70. The number of anilines is 1. The van der Waals surface area contributed by atoms with Gasteiger partial charge in [-0.15, -0.1) is 0 Å². The Morgan fingerprint density at radius 1 is 1.29 bits per heavy atom. The van der Waals surface area contributed by atoms with E-state index in [2.05, 4.69) is 25.1 Å². The van der Waals surface area contributed by atoms with Crippen molar-refractivity contribution in [2.24, 2.45) is 7.05 Å². The Kier molecular flexibility index (Phi) is 3.18. The van der Waals surface area contributed by atoms with Crippen molar-refractivity contribution in [3.05, 3.63) is 41.8 Å². The Morgan fingerprint density at radius 2 is 2.12 bits per heavy atom. The number of imidazole rings is 1. The van der Waals surface area contributed by atoms with Crippen LogP contribution in [-0.2, 0) is 7.05 Å². The zero-order chi connectivity index (χ0) is 16.8. The first-order valence-corrected chi connectivity index (χ1v) is 7.90. The van der Waals surface area contributed by atoms with E-state index < -0.39 is 5.82 Å². The maximum absolute atomic E-state index is 13.5. The first-order valence-electron chi connectivity index (χ1n) is 7.09. The lowest BCUT2D eigenvalue weighted by Crippen LogP contribution is -1.95. The number of nitrogens with zero attached hydrogens (tertiary/aromatic N) is 5. The molecule has 0 aliphatic rings. The van der Waals surface area contributed by atoms with Crippen molar-refractivity contribution in [1.29, 1.82) is 0 Å². The fourth-order valence-corrected chi connectivity index (χ4v) is 3.55. The van der Waals surface area contributed by atoms with Crippen LogP contribution in [0.5, 0.6) is 0 Å². The standard InChI is InChI=1S/C16H11FN6S/c1-18-10-6-8(4-5-9(10)17)15-21-12-13-11(20-7-23(13)3)14(19-2)22-16(12)24-15/h4-7H,2-3H3,(H,19,22). The zero-order valence-corrected chi connectivity index (χ0v) is 13.6. The van der Waals surface area contributed by atoms with E-state index in [1.165, 1.54) is 23.5 Å². The summed E-state index contributed by atoms with van der Waals surface area (Å²) < 4.78 is 15.4. The highest BCUT2D eigenvalue weighted by Gasteiger charge is 2.17. The van der Waals surface area contributed by atoms with Crippen LogP contribution in [0, 0.1) is 12.4 Å². The Bertz CT molecular complexity index is 1140. The number of rotatable bonds is 2. The number of halogens is 1. The average molecular weight is 338 g/mol. The number of pyridine rings is 1. The van der Waals surface area contributed by atoms with Crippen molar-refractivity contribution in [2.75, 3.05) is 12.4 Å². The molecule has 4 rings (SSSR count). The van der Waals surface area contributed by atoms with Gasteiger partial charge in [-0.3, -0.25) is 0 Å². The van der Waals surface area contributed by atoms with E-state index in [0.29, 0.717) is 16.4 Å². The molecule has 3 aromatic heterocycles. The van der Waals surface area contributed by atoms with Crippen LogP contribution in [0.4, 0.5) is 15.9 Å². The molecule has 118 valence electrons. The monoisotopic (exact) mass is 338 g/mol. The first kappa shape index (κ1) is 14.5. The van der Waals surface area contributed by atoms with Gasteiger partial charge in [-0.1, -0.05) is 17.4 Å². The molecular formula is C16H11FN6S. The Morgan fingerprint density at radius 3 is 2.88 bits per heavy atom. The second-order valence-corrected chi connectivity index (χ2v) is 6.19. The number of thiazole rings is 1. The van der Waals surface area contributed by atoms with Crippen LogP contribution in [0.1, 0.15) is 0 Å². The van der Waals surface area contributed by atoms with Gasteiger partial charge in [0, 0.05) is 19.7 Å². The minimum absolute atomic E-state index is 0.0127. The number of hydrogen-bond acceptors (Lipinski definition) is 5. The predicted octanol–water partition coefficient (Wildman–Crippen LogP) is 3.98. The number of aromatic nitrogens is 4. The van der Waals surface area contributed by atoms with Crippen molar-refractivity contribution in [3.8, 4) is 10.6 Å². The van der Waals surface area contributed by atoms with E-state index >= 15 is 0 Å². The summed E-state index contributed by atoms with van der Waals surface area (Å²) in [5.41, 5.74) is 3.08. The van der Waals surface area contributed by atoms with Crippen molar-refractivity contribution in [2.45, 2.75) is 0 Å². The molecule has 0 bridgehead atoms. The predicted molar refractivity (Wildman–Crippen MR) is 92.9 cm³/mol. The Labute approximate surface area is 140 Å². The van der Waals surface area contributed by atoms with Gasteiger partial charge in [-0.05, 0) is 12.1 Å². The quantitative estimate of drug-likeness (QED) is 0.562. The van der Waals surface area contributed by atoms with Crippen molar-refractivity contribution >= 4 is 44.2 Å². The van der Waals surface area contributed by atoms with Gasteiger partial charge in [0.15, 0.2) is 5.82 Å². The molecule has 1 aromatic carbocycles. The number of hydrogen-bond donors (Lipinski definition) is 1. The molecule has 8 heteroatoms. The van der Waals surface area contributed by atoms with Gasteiger partial charge in [0.05, 0.1) is 12.9 Å². The van der Waals surface area contributed by atoms with Crippen molar-refractivity contribution in [1.82, 2.24) is 19.5 Å². The van der Waals surface area contributed by atoms with Gasteiger partial charge in [0.25, 0.3) is 0 Å². The van der Waals surface area contributed by atoms with Crippen molar-refractivity contribution in [3.63, 3.8) is 0 Å². The molecule has 0 atom stereocenters. The van der Waals surface area contributed by atoms with Gasteiger partial charge in [-0.25, -0.2) is 24.2 Å². The Balaban J connectivity index is 2.01. The number of benzene rings is 1. The summed E-state index contributed by atoms with van der Waals surface area (Å²) >= 11 is 1.40. The molecule has 1 N–H and O–H groups in total. The van der Waals surface area contributed by atoms with E-state index in [1.807, 2.05) is 11.6 Å². The van der Waals surface area contributed by atoms with Crippen molar-refractivity contribution < 1.29 is 4.39 Å². The fraction of sp³-hybridized carbons (Fsp3) is 0.125. The molecule has 0 unspecified atom stereocenters. The van der Waals surface area contributed by atoms with Crippen LogP contribution >= 0.6 is 11.3 Å². The lowest BCUT2D eigenvalue weighted by Gasteiger charge is -2.01. The highest BCUT2D eigenvalue weighted by molar-refractivity contribution is 7.21. The summed E-state index contributed by atoms with van der Waals surface area (Å²) in [6, 6.07) is 4.43. The maximum atomic E-state index is 13.5. The first-order chi connectivity index (χ1) is 11.6. The fourth-order valence-electron chi connectivity index (χ4n) is 2.61. The van der Waals surface area contributed by atoms with Crippen LogP contribution in [0.2, 0.25) is 0 Å². The molecule has 0 amide bonds. The molecular weight excluding hydrogens is 327 g/mol. The smallest absolute Gasteiger partial charge is 0.222 e. The normalized spacial score (nSPS) is 11.1. The zero-order valence-electron chi connectivity index (χ0n) is 12.8. The number of fused-ring (bicyclic) bond motifs is 3. The lowest BCUT2D eigenvalue weighted by molar-refractivity contribution is 0.634. The Hall–Kier alpha value is -3.05. The van der Waals surface area contributed by atoms with Crippen LogP contribution in [0.3, 0.4) is 0 Å². The van der Waals surface area contributed by atoms with Crippen LogP contribution in [0.15, 0.2) is 24.5 Å². The molecule has 4 aromatic rings. The summed E-state index contributed by atoms with van der Waals surface area (Å²) in [5.74, 6) is 0.161. The molecule has 0 saturated heterocycles. The third-order valence-electron chi connectivity index (χ3n) is 3.76. The van der Waals surface area contributed by atoms with Gasteiger partial charge in [-0.2, -0.15) is 0 Å². The van der Waals surface area contributed by atoms with Gasteiger partial charge < -0.3 is 9.88 Å². The molecule has 0 radical (unpaired) electrons. The summed E-state index contributed by atoms with van der Waals surface area (Å²) in [5, 5.41) is 3.75. The maximum Gasteiger partial charge on any atom is 0.222 e. The molecule has 0 fully saturated rings. The molecule has 24 heavy (non-hydrogen) atoms. The summed E-state index contributed by atoms with van der Waals surface area (Å²) in [6.07, 6.45) is 1.72. The van der Waals surface area contributed by atoms with Gasteiger partial charge >= 0.3 is 0 Å². The number of nitrogens with one attached hydrogen (secondary N) is 1. The third kappa shape index (κ3) is 2.02. The molecule has 6 nitrogen and oxygen atoms in total. The molecule has 0 spiro atoms. The second-order valence-electron chi connectivity index (χ2n) is 5.21. The van der Waals surface area contributed by atoms with Gasteiger partial charge in [0.1, 0.15) is 32.2 Å². The summed E-state index contributed by atoms with van der Waals surface area (Å²) in [6.45, 7) is 7.06. The topological polar surface area (TPSA) is 60.0 Å². The highest BCUT2D eigenvalue weighted by atomic mass is 32.1. The lowest BCUT2D eigenvalue weighted by atomic mass is 10.2. The van der Waals surface area contributed by atoms with E-state index in [4.69, 9.17) is 6.57 Å². The van der Waals surface area contributed by atoms with E-state index in [9.17, 15) is 4.39 Å². The van der Waals surface area contributed by atoms with E-state index in [-0.39, 0.29) is 5.69 Å². The van der Waals surface area contributed by atoms with E-state index in [1.54, 1.807) is 19.4 Å². The minimum atomic E-state index is -0.528.